The summed E-state index contributed by atoms with van der Waals surface area (Å²) in [5.74, 6) is 0. The number of hydrogen-bond donors (Lipinski definition) is 1. The molecule has 0 saturated heterocycles. The van der Waals surface area contributed by atoms with Gasteiger partial charge in [0.25, 0.3) is 0 Å². The first-order chi connectivity index (χ1) is 9.93. The topological polar surface area (TPSA) is 20.2 Å². The van der Waals surface area contributed by atoms with E-state index in [1.54, 1.807) is 0 Å². The van der Waals surface area contributed by atoms with Crippen LogP contribution in [0, 0.1) is 0 Å². The van der Waals surface area contributed by atoms with Crippen LogP contribution in [0.15, 0.2) is 54.6 Å². The smallest absolute Gasteiger partial charge is 0.0886 e. The molecule has 0 radical (unpaired) electrons. The van der Waals surface area contributed by atoms with Crippen LogP contribution < -0.4 is 0 Å². The molecule has 110 valence electrons. The van der Waals surface area contributed by atoms with Crippen LogP contribution >= 0.6 is 0 Å². The monoisotopic (exact) mass is 280 g/mol. The van der Waals surface area contributed by atoms with Crippen LogP contribution in [0.25, 0.3) is 0 Å². The third kappa shape index (κ3) is 2.63. The largest absolute Gasteiger partial charge is 0.387 e. The minimum Gasteiger partial charge on any atom is -0.387 e. The van der Waals surface area contributed by atoms with Crippen LogP contribution in [0.3, 0.4) is 0 Å². The third-order valence-corrected chi connectivity index (χ3v) is 4.75. The van der Waals surface area contributed by atoms with E-state index in [0.29, 0.717) is 0 Å². The molecule has 0 heterocycles. The Labute approximate surface area is 127 Å². The number of hydrogen-bond acceptors (Lipinski definition) is 1. The highest BCUT2D eigenvalue weighted by molar-refractivity contribution is 5.38. The van der Waals surface area contributed by atoms with Crippen molar-refractivity contribution >= 4 is 0 Å². The molecule has 1 N–H and O–H groups in total. The van der Waals surface area contributed by atoms with Crippen LogP contribution in [0.1, 0.15) is 56.4 Å². The van der Waals surface area contributed by atoms with Gasteiger partial charge >= 0.3 is 0 Å². The van der Waals surface area contributed by atoms with Gasteiger partial charge in [-0.05, 0) is 34.9 Å². The minimum absolute atomic E-state index is 0.0650. The van der Waals surface area contributed by atoms with Gasteiger partial charge in [0, 0.05) is 5.41 Å². The van der Waals surface area contributed by atoms with E-state index in [1.807, 2.05) is 6.07 Å². The van der Waals surface area contributed by atoms with E-state index in [2.05, 4.69) is 69.3 Å². The zero-order valence-corrected chi connectivity index (χ0v) is 13.1. The number of aliphatic hydroxyl groups excluding tert-OH is 1. The fraction of sp³-hybridized carbons (Fsp3) is 0.400. The van der Waals surface area contributed by atoms with Crippen molar-refractivity contribution < 1.29 is 5.11 Å². The summed E-state index contributed by atoms with van der Waals surface area (Å²) in [5, 5.41) is 10.9. The Hall–Kier alpha value is -1.60. The molecule has 2 aromatic rings. The first kappa shape index (κ1) is 14.3. The Morgan fingerprint density at radius 3 is 1.95 bits per heavy atom. The van der Waals surface area contributed by atoms with Crippen LogP contribution in [-0.2, 0) is 10.8 Å². The van der Waals surface area contributed by atoms with Crippen molar-refractivity contribution in [1.82, 2.24) is 0 Å². The molecule has 0 aromatic heterocycles. The molecule has 1 heteroatoms. The highest BCUT2D eigenvalue weighted by Crippen LogP contribution is 2.56. The maximum atomic E-state index is 10.9. The first-order valence-electron chi connectivity index (χ1n) is 7.77. The number of benzene rings is 2. The van der Waals surface area contributed by atoms with Crippen LogP contribution in [0.5, 0.6) is 0 Å². The van der Waals surface area contributed by atoms with Gasteiger partial charge in [-0.25, -0.2) is 0 Å². The molecule has 3 rings (SSSR count). The van der Waals surface area contributed by atoms with Crippen molar-refractivity contribution in [2.45, 2.75) is 50.5 Å². The summed E-state index contributed by atoms with van der Waals surface area (Å²) in [6.07, 6.45) is 1.73. The molecule has 1 unspecified atom stereocenters. The van der Waals surface area contributed by atoms with Crippen LogP contribution in [-0.4, -0.2) is 5.11 Å². The Morgan fingerprint density at radius 2 is 1.48 bits per heavy atom. The molecular weight excluding hydrogens is 256 g/mol. The van der Waals surface area contributed by atoms with Gasteiger partial charge in [-0.3, -0.25) is 0 Å². The second kappa shape index (κ2) is 4.99. The zero-order valence-electron chi connectivity index (χ0n) is 13.1. The quantitative estimate of drug-likeness (QED) is 0.860. The molecule has 0 amide bonds. The molecule has 2 aromatic carbocycles. The van der Waals surface area contributed by atoms with Crippen molar-refractivity contribution in [2.24, 2.45) is 0 Å². The normalized spacial score (nSPS) is 18.3. The molecule has 1 saturated carbocycles. The molecule has 1 nitrogen and oxygen atoms in total. The average molecular weight is 280 g/mol. The zero-order chi connectivity index (χ0) is 15.1. The predicted octanol–water partition coefficient (Wildman–Crippen LogP) is 4.75. The van der Waals surface area contributed by atoms with E-state index in [9.17, 15) is 5.11 Å². The van der Waals surface area contributed by atoms with Crippen molar-refractivity contribution in [3.8, 4) is 0 Å². The predicted molar refractivity (Wildman–Crippen MR) is 87.5 cm³/mol. The second-order valence-electron chi connectivity index (χ2n) is 7.30. The summed E-state index contributed by atoms with van der Waals surface area (Å²) in [4.78, 5) is 0. The summed E-state index contributed by atoms with van der Waals surface area (Å²) in [6, 6.07) is 18.9. The Bertz CT molecular complexity index is 601. The van der Waals surface area contributed by atoms with Gasteiger partial charge in [0.1, 0.15) is 0 Å². The number of rotatable bonds is 3. The van der Waals surface area contributed by atoms with Crippen molar-refractivity contribution in [3.63, 3.8) is 0 Å². The maximum absolute atomic E-state index is 10.9. The average Bonchev–Trinajstić information content (AvgIpc) is 3.28. The van der Waals surface area contributed by atoms with Gasteiger partial charge < -0.3 is 5.11 Å². The van der Waals surface area contributed by atoms with E-state index in [-0.39, 0.29) is 10.8 Å². The second-order valence-corrected chi connectivity index (χ2v) is 7.30. The molecule has 0 spiro atoms. The lowest BCUT2D eigenvalue weighted by molar-refractivity contribution is 0.133. The minimum atomic E-state index is -0.408. The fourth-order valence-electron chi connectivity index (χ4n) is 3.11. The maximum Gasteiger partial charge on any atom is 0.0886 e. The summed E-state index contributed by atoms with van der Waals surface area (Å²) < 4.78 is 0. The van der Waals surface area contributed by atoms with E-state index < -0.39 is 6.10 Å². The van der Waals surface area contributed by atoms with Gasteiger partial charge in [-0.15, -0.1) is 0 Å². The van der Waals surface area contributed by atoms with Crippen molar-refractivity contribution in [2.75, 3.05) is 0 Å². The highest BCUT2D eigenvalue weighted by Gasteiger charge is 2.50. The summed E-state index contributed by atoms with van der Waals surface area (Å²) >= 11 is 0. The highest BCUT2D eigenvalue weighted by atomic mass is 16.3. The summed E-state index contributed by atoms with van der Waals surface area (Å²) in [5.41, 5.74) is 3.69. The molecule has 0 aliphatic heterocycles. The van der Waals surface area contributed by atoms with Crippen molar-refractivity contribution in [1.29, 1.82) is 0 Å². The van der Waals surface area contributed by atoms with Gasteiger partial charge in [-0.2, -0.15) is 0 Å². The lowest BCUT2D eigenvalue weighted by Crippen LogP contribution is -2.18. The molecule has 0 bridgehead atoms. The van der Waals surface area contributed by atoms with Crippen molar-refractivity contribution in [3.05, 3.63) is 71.3 Å². The van der Waals surface area contributed by atoms with E-state index in [4.69, 9.17) is 0 Å². The molecular formula is C20H24O. The van der Waals surface area contributed by atoms with Gasteiger partial charge in [0.15, 0.2) is 0 Å². The van der Waals surface area contributed by atoms with E-state index in [0.717, 1.165) is 18.4 Å². The fourth-order valence-corrected chi connectivity index (χ4v) is 3.11. The first-order valence-corrected chi connectivity index (χ1v) is 7.77. The lowest BCUT2D eigenvalue weighted by atomic mass is 9.83. The molecule has 1 atom stereocenters. The van der Waals surface area contributed by atoms with Crippen LogP contribution in [0.2, 0.25) is 0 Å². The Balaban J connectivity index is 1.88. The van der Waals surface area contributed by atoms with Gasteiger partial charge in [-0.1, -0.05) is 75.4 Å². The summed E-state index contributed by atoms with van der Waals surface area (Å²) in [6.45, 7) is 6.64. The third-order valence-electron chi connectivity index (χ3n) is 4.75. The molecule has 1 aliphatic carbocycles. The Kier molecular flexibility index (Phi) is 3.41. The standard InChI is InChI=1S/C20H24O/c1-19(2,3)16-11-9-15(10-12-16)18(21)20(13-14-20)17-7-5-4-6-8-17/h4-12,18,21H,13-14H2,1-3H3. The molecule has 1 fully saturated rings. The van der Waals surface area contributed by atoms with E-state index >= 15 is 0 Å². The van der Waals surface area contributed by atoms with E-state index in [1.165, 1.54) is 11.1 Å². The summed E-state index contributed by atoms with van der Waals surface area (Å²) in [7, 11) is 0. The molecule has 1 aliphatic rings. The molecule has 21 heavy (non-hydrogen) atoms. The lowest BCUT2D eigenvalue weighted by Gasteiger charge is -2.25. The SMILES string of the molecule is CC(C)(C)c1ccc(C(O)C2(c3ccccc3)CC2)cc1. The number of aliphatic hydroxyl groups is 1. The van der Waals surface area contributed by atoms with Crippen LogP contribution in [0.4, 0.5) is 0 Å². The van der Waals surface area contributed by atoms with Gasteiger partial charge in [0.05, 0.1) is 6.10 Å². The Morgan fingerprint density at radius 1 is 0.905 bits per heavy atom. The van der Waals surface area contributed by atoms with Gasteiger partial charge in [0.2, 0.25) is 0 Å².